The molecule has 6 heteroatoms. The number of nitrogens with zero attached hydrogens (tertiary/aromatic N) is 2. The molecule has 1 amide bonds. The van der Waals surface area contributed by atoms with Crippen molar-refractivity contribution in [2.45, 2.75) is 13.5 Å². The number of carbonyl (C=O) groups excluding carboxylic acids is 1. The van der Waals surface area contributed by atoms with Crippen LogP contribution in [0.25, 0.3) is 0 Å². The van der Waals surface area contributed by atoms with Gasteiger partial charge in [-0.05, 0) is 25.1 Å². The average molecular weight is 336 g/mol. The number of benzene rings is 2. The standard InChI is InChI=1S/C18H19F3N2O/c1-3-23(14-8-9-16(20)17(21)10-14)12-18(24)22(2)11-13-6-4-5-7-15(13)19/h4-10H,3,11-12H2,1-2H3. The van der Waals surface area contributed by atoms with Crippen LogP contribution >= 0.6 is 0 Å². The lowest BCUT2D eigenvalue weighted by Gasteiger charge is -2.26. The molecule has 0 atom stereocenters. The van der Waals surface area contributed by atoms with Crippen molar-refractivity contribution in [1.82, 2.24) is 4.90 Å². The van der Waals surface area contributed by atoms with Crippen LogP contribution in [-0.4, -0.2) is 30.9 Å². The van der Waals surface area contributed by atoms with Gasteiger partial charge in [-0.1, -0.05) is 18.2 Å². The molecule has 128 valence electrons. The van der Waals surface area contributed by atoms with Crippen molar-refractivity contribution >= 4 is 11.6 Å². The van der Waals surface area contributed by atoms with E-state index in [1.165, 1.54) is 17.0 Å². The molecule has 0 aliphatic carbocycles. The molecule has 2 rings (SSSR count). The molecule has 0 saturated carbocycles. The highest BCUT2D eigenvalue weighted by Gasteiger charge is 2.16. The van der Waals surface area contributed by atoms with Gasteiger partial charge in [-0.25, -0.2) is 13.2 Å². The van der Waals surface area contributed by atoms with Crippen LogP contribution in [0.5, 0.6) is 0 Å². The maximum absolute atomic E-state index is 13.7. The number of likely N-dealkylation sites (N-methyl/N-ethyl adjacent to an activating group) is 2. The van der Waals surface area contributed by atoms with E-state index in [1.807, 2.05) is 6.92 Å². The summed E-state index contributed by atoms with van der Waals surface area (Å²) in [6, 6.07) is 9.76. The molecule has 0 radical (unpaired) electrons. The topological polar surface area (TPSA) is 23.6 Å². The number of anilines is 1. The summed E-state index contributed by atoms with van der Waals surface area (Å²) in [5.74, 6) is -2.51. The van der Waals surface area contributed by atoms with E-state index in [2.05, 4.69) is 0 Å². The van der Waals surface area contributed by atoms with Crippen LogP contribution < -0.4 is 4.90 Å². The van der Waals surface area contributed by atoms with E-state index in [9.17, 15) is 18.0 Å². The summed E-state index contributed by atoms with van der Waals surface area (Å²) in [5.41, 5.74) is 0.841. The summed E-state index contributed by atoms with van der Waals surface area (Å²) in [6.07, 6.45) is 0. The van der Waals surface area contributed by atoms with Crippen molar-refractivity contribution in [3.05, 3.63) is 65.5 Å². The average Bonchev–Trinajstić information content (AvgIpc) is 2.57. The fourth-order valence-corrected chi connectivity index (χ4v) is 2.32. The first kappa shape index (κ1) is 17.8. The van der Waals surface area contributed by atoms with E-state index in [4.69, 9.17) is 0 Å². The predicted octanol–water partition coefficient (Wildman–Crippen LogP) is 3.59. The van der Waals surface area contributed by atoms with Gasteiger partial charge in [0.1, 0.15) is 5.82 Å². The highest BCUT2D eigenvalue weighted by molar-refractivity contribution is 5.81. The van der Waals surface area contributed by atoms with Gasteiger partial charge in [-0.2, -0.15) is 0 Å². The van der Waals surface area contributed by atoms with Crippen molar-refractivity contribution in [2.24, 2.45) is 0 Å². The second-order valence-corrected chi connectivity index (χ2v) is 5.45. The molecular weight excluding hydrogens is 317 g/mol. The second-order valence-electron chi connectivity index (χ2n) is 5.45. The molecule has 2 aromatic carbocycles. The molecule has 0 aliphatic rings. The van der Waals surface area contributed by atoms with Gasteiger partial charge in [0.05, 0.1) is 6.54 Å². The van der Waals surface area contributed by atoms with Crippen molar-refractivity contribution in [3.8, 4) is 0 Å². The van der Waals surface area contributed by atoms with Crippen LogP contribution in [0.2, 0.25) is 0 Å². The summed E-state index contributed by atoms with van der Waals surface area (Å²) in [4.78, 5) is 15.4. The Labute approximate surface area is 139 Å². The van der Waals surface area contributed by atoms with Crippen LogP contribution in [0.4, 0.5) is 18.9 Å². The third-order valence-corrected chi connectivity index (χ3v) is 3.77. The predicted molar refractivity (Wildman–Crippen MR) is 87.1 cm³/mol. The Kier molecular flexibility index (Phi) is 5.84. The van der Waals surface area contributed by atoms with Gasteiger partial charge in [-0.3, -0.25) is 4.79 Å². The van der Waals surface area contributed by atoms with Gasteiger partial charge < -0.3 is 9.80 Å². The summed E-state index contributed by atoms with van der Waals surface area (Å²) in [5, 5.41) is 0. The van der Waals surface area contributed by atoms with Gasteiger partial charge in [0.15, 0.2) is 11.6 Å². The number of amides is 1. The molecule has 24 heavy (non-hydrogen) atoms. The van der Waals surface area contributed by atoms with E-state index >= 15 is 0 Å². The molecule has 0 aliphatic heterocycles. The Morgan fingerprint density at radius 3 is 2.33 bits per heavy atom. The molecule has 0 spiro atoms. The molecular formula is C18H19F3N2O. The molecule has 0 aromatic heterocycles. The first-order valence-corrected chi connectivity index (χ1v) is 7.59. The smallest absolute Gasteiger partial charge is 0.242 e. The van der Waals surface area contributed by atoms with Gasteiger partial charge >= 0.3 is 0 Å². The van der Waals surface area contributed by atoms with Gasteiger partial charge in [0, 0.05) is 37.5 Å². The summed E-state index contributed by atoms with van der Waals surface area (Å²) < 4.78 is 40.1. The van der Waals surface area contributed by atoms with E-state index in [1.54, 1.807) is 30.1 Å². The Morgan fingerprint density at radius 1 is 1.00 bits per heavy atom. The summed E-state index contributed by atoms with van der Waals surface area (Å²) in [7, 11) is 1.58. The fourth-order valence-electron chi connectivity index (χ4n) is 2.32. The molecule has 0 unspecified atom stereocenters. The monoisotopic (exact) mass is 336 g/mol. The van der Waals surface area contributed by atoms with Crippen LogP contribution in [0.1, 0.15) is 12.5 Å². The maximum atomic E-state index is 13.7. The zero-order valence-electron chi connectivity index (χ0n) is 13.6. The Hall–Kier alpha value is -2.50. The number of hydrogen-bond acceptors (Lipinski definition) is 2. The Bertz CT molecular complexity index is 721. The van der Waals surface area contributed by atoms with Crippen LogP contribution in [0.15, 0.2) is 42.5 Å². The zero-order chi connectivity index (χ0) is 17.7. The highest BCUT2D eigenvalue weighted by Crippen LogP contribution is 2.18. The Morgan fingerprint density at radius 2 is 1.71 bits per heavy atom. The quantitative estimate of drug-likeness (QED) is 0.805. The van der Waals surface area contributed by atoms with Crippen LogP contribution in [0.3, 0.4) is 0 Å². The van der Waals surface area contributed by atoms with Crippen molar-refractivity contribution < 1.29 is 18.0 Å². The molecule has 0 N–H and O–H groups in total. The maximum Gasteiger partial charge on any atom is 0.242 e. The normalized spacial score (nSPS) is 10.5. The number of hydrogen-bond donors (Lipinski definition) is 0. The van der Waals surface area contributed by atoms with E-state index in [-0.39, 0.29) is 24.8 Å². The number of rotatable bonds is 6. The minimum atomic E-state index is -0.960. The minimum Gasteiger partial charge on any atom is -0.362 e. The van der Waals surface area contributed by atoms with Gasteiger partial charge in [0.2, 0.25) is 5.91 Å². The minimum absolute atomic E-state index is 0.00742. The lowest BCUT2D eigenvalue weighted by Crippen LogP contribution is -2.38. The SMILES string of the molecule is CCN(CC(=O)N(C)Cc1ccccc1F)c1ccc(F)c(F)c1. The summed E-state index contributed by atoms with van der Waals surface area (Å²) in [6.45, 7) is 2.39. The largest absolute Gasteiger partial charge is 0.362 e. The lowest BCUT2D eigenvalue weighted by atomic mass is 10.2. The van der Waals surface area contributed by atoms with Crippen molar-refractivity contribution in [1.29, 1.82) is 0 Å². The van der Waals surface area contributed by atoms with Gasteiger partial charge in [-0.15, -0.1) is 0 Å². The first-order chi connectivity index (χ1) is 11.4. The molecule has 2 aromatic rings. The van der Waals surface area contributed by atoms with Crippen molar-refractivity contribution in [3.63, 3.8) is 0 Å². The van der Waals surface area contributed by atoms with E-state index < -0.39 is 11.6 Å². The van der Waals surface area contributed by atoms with Crippen LogP contribution in [-0.2, 0) is 11.3 Å². The number of halogens is 3. The van der Waals surface area contributed by atoms with E-state index in [0.717, 1.165) is 12.1 Å². The summed E-state index contributed by atoms with van der Waals surface area (Å²) >= 11 is 0. The molecule has 0 fully saturated rings. The first-order valence-electron chi connectivity index (χ1n) is 7.59. The van der Waals surface area contributed by atoms with Crippen molar-refractivity contribution in [2.75, 3.05) is 25.0 Å². The lowest BCUT2D eigenvalue weighted by molar-refractivity contribution is -0.129. The second kappa shape index (κ2) is 7.86. The molecule has 0 bridgehead atoms. The number of carbonyl (C=O) groups is 1. The highest BCUT2D eigenvalue weighted by atomic mass is 19.2. The third-order valence-electron chi connectivity index (χ3n) is 3.77. The molecule has 0 saturated heterocycles. The third kappa shape index (κ3) is 4.28. The van der Waals surface area contributed by atoms with Gasteiger partial charge in [0.25, 0.3) is 0 Å². The zero-order valence-corrected chi connectivity index (χ0v) is 13.6. The molecule has 3 nitrogen and oxygen atoms in total. The van der Waals surface area contributed by atoms with Crippen LogP contribution in [0, 0.1) is 17.5 Å². The van der Waals surface area contributed by atoms with E-state index in [0.29, 0.717) is 17.8 Å². The Balaban J connectivity index is 2.05. The fraction of sp³-hybridized carbons (Fsp3) is 0.278. The molecule has 0 heterocycles.